The molecule has 0 spiro atoms. The molecular formula is C15H22ClNO. The van der Waals surface area contributed by atoms with Gasteiger partial charge in [-0.05, 0) is 43.4 Å². The number of likely N-dealkylation sites (N-methyl/N-ethyl adjacent to an activating group) is 1. The van der Waals surface area contributed by atoms with Crippen molar-refractivity contribution in [3.63, 3.8) is 0 Å². The van der Waals surface area contributed by atoms with E-state index >= 15 is 0 Å². The predicted molar refractivity (Wildman–Crippen MR) is 76.1 cm³/mol. The predicted octanol–water partition coefficient (Wildman–Crippen LogP) is 3.14. The molecular weight excluding hydrogens is 246 g/mol. The molecule has 100 valence electrons. The summed E-state index contributed by atoms with van der Waals surface area (Å²) in [6.45, 7) is 4.04. The average molecular weight is 268 g/mol. The Labute approximate surface area is 115 Å². The Bertz CT molecular complexity index is 383. The molecule has 18 heavy (non-hydrogen) atoms. The van der Waals surface area contributed by atoms with Gasteiger partial charge in [0.1, 0.15) is 0 Å². The third-order valence-electron chi connectivity index (χ3n) is 3.99. The number of halogens is 1. The van der Waals surface area contributed by atoms with Gasteiger partial charge >= 0.3 is 0 Å². The molecule has 2 nitrogen and oxygen atoms in total. The minimum Gasteiger partial charge on any atom is -0.381 e. The van der Waals surface area contributed by atoms with E-state index < -0.39 is 0 Å². The quantitative estimate of drug-likeness (QED) is 0.905. The number of nitrogens with one attached hydrogen (secondary N) is 1. The molecule has 1 fully saturated rings. The lowest BCUT2D eigenvalue weighted by Gasteiger charge is -2.35. The van der Waals surface area contributed by atoms with Crippen LogP contribution in [0.2, 0.25) is 5.02 Å². The normalized spacial score (nSPS) is 25.9. The number of rotatable bonds is 4. The maximum atomic E-state index is 6.25. The Morgan fingerprint density at radius 2 is 2.22 bits per heavy atom. The van der Waals surface area contributed by atoms with Crippen molar-refractivity contribution in [2.24, 2.45) is 11.8 Å². The number of hydrogen-bond donors (Lipinski definition) is 1. The Morgan fingerprint density at radius 1 is 1.44 bits per heavy atom. The zero-order chi connectivity index (χ0) is 13.0. The number of ether oxygens (including phenoxy) is 1. The number of benzene rings is 1. The van der Waals surface area contributed by atoms with Crippen molar-refractivity contribution >= 4 is 11.6 Å². The van der Waals surface area contributed by atoms with Crippen molar-refractivity contribution < 1.29 is 4.74 Å². The molecule has 1 aromatic carbocycles. The van der Waals surface area contributed by atoms with Gasteiger partial charge in [0.2, 0.25) is 0 Å². The molecule has 0 radical (unpaired) electrons. The standard InChI is InChI=1S/C15H22ClNO/c1-11-10-18-8-7-13(11)15(17-2)9-12-5-3-4-6-14(12)16/h3-6,11,13,15,17H,7-10H2,1-2H3. The van der Waals surface area contributed by atoms with Crippen molar-refractivity contribution in [2.75, 3.05) is 20.3 Å². The fourth-order valence-corrected chi connectivity index (χ4v) is 3.08. The summed E-state index contributed by atoms with van der Waals surface area (Å²) in [6.07, 6.45) is 2.13. The van der Waals surface area contributed by atoms with Crippen molar-refractivity contribution in [1.29, 1.82) is 0 Å². The Kier molecular flexibility index (Phi) is 5.04. The van der Waals surface area contributed by atoms with E-state index in [1.165, 1.54) is 5.56 Å². The first-order valence-corrected chi connectivity index (χ1v) is 7.08. The van der Waals surface area contributed by atoms with Gasteiger partial charge in [-0.1, -0.05) is 36.7 Å². The van der Waals surface area contributed by atoms with E-state index in [0.29, 0.717) is 17.9 Å². The van der Waals surface area contributed by atoms with Crippen molar-refractivity contribution in [1.82, 2.24) is 5.32 Å². The second-order valence-corrected chi connectivity index (χ2v) is 5.60. The van der Waals surface area contributed by atoms with Gasteiger partial charge in [0.15, 0.2) is 0 Å². The van der Waals surface area contributed by atoms with Crippen LogP contribution in [-0.2, 0) is 11.2 Å². The molecule has 3 atom stereocenters. The van der Waals surface area contributed by atoms with Gasteiger partial charge in [-0.15, -0.1) is 0 Å². The van der Waals surface area contributed by atoms with Crippen LogP contribution in [0.3, 0.4) is 0 Å². The van der Waals surface area contributed by atoms with E-state index in [4.69, 9.17) is 16.3 Å². The van der Waals surface area contributed by atoms with Crippen LogP contribution < -0.4 is 5.32 Å². The first-order valence-electron chi connectivity index (χ1n) is 6.70. The lowest BCUT2D eigenvalue weighted by Crippen LogP contribution is -2.42. The summed E-state index contributed by atoms with van der Waals surface area (Å²) in [6, 6.07) is 8.61. The highest BCUT2D eigenvalue weighted by atomic mass is 35.5. The molecule has 3 unspecified atom stereocenters. The minimum atomic E-state index is 0.476. The molecule has 0 aliphatic carbocycles. The van der Waals surface area contributed by atoms with Crippen LogP contribution in [0.5, 0.6) is 0 Å². The molecule has 1 aliphatic heterocycles. The first-order chi connectivity index (χ1) is 8.72. The van der Waals surface area contributed by atoms with Crippen molar-refractivity contribution in [3.05, 3.63) is 34.9 Å². The van der Waals surface area contributed by atoms with Gasteiger partial charge in [-0.3, -0.25) is 0 Å². The summed E-state index contributed by atoms with van der Waals surface area (Å²) >= 11 is 6.25. The summed E-state index contributed by atoms with van der Waals surface area (Å²) in [5.74, 6) is 1.28. The zero-order valence-corrected chi connectivity index (χ0v) is 11.9. The van der Waals surface area contributed by atoms with Gasteiger partial charge in [-0.25, -0.2) is 0 Å². The maximum absolute atomic E-state index is 6.25. The molecule has 2 rings (SSSR count). The van der Waals surface area contributed by atoms with Gasteiger partial charge in [0.05, 0.1) is 0 Å². The molecule has 1 heterocycles. The lowest BCUT2D eigenvalue weighted by atomic mass is 9.81. The topological polar surface area (TPSA) is 21.3 Å². The Hall–Kier alpha value is -0.570. The van der Waals surface area contributed by atoms with Crippen molar-refractivity contribution in [2.45, 2.75) is 25.8 Å². The second kappa shape index (κ2) is 6.55. The highest BCUT2D eigenvalue weighted by molar-refractivity contribution is 6.31. The smallest absolute Gasteiger partial charge is 0.0494 e. The van der Waals surface area contributed by atoms with Crippen LogP contribution >= 0.6 is 11.6 Å². The fourth-order valence-electron chi connectivity index (χ4n) is 2.86. The van der Waals surface area contributed by atoms with Crippen LogP contribution in [0.4, 0.5) is 0 Å². The van der Waals surface area contributed by atoms with Gasteiger partial charge in [0.25, 0.3) is 0 Å². The van der Waals surface area contributed by atoms with Gasteiger partial charge in [-0.2, -0.15) is 0 Å². The Morgan fingerprint density at radius 3 is 2.89 bits per heavy atom. The lowest BCUT2D eigenvalue weighted by molar-refractivity contribution is 0.0119. The highest BCUT2D eigenvalue weighted by Gasteiger charge is 2.29. The van der Waals surface area contributed by atoms with E-state index in [0.717, 1.165) is 31.1 Å². The maximum Gasteiger partial charge on any atom is 0.0494 e. The second-order valence-electron chi connectivity index (χ2n) is 5.20. The van der Waals surface area contributed by atoms with Crippen LogP contribution in [-0.4, -0.2) is 26.3 Å². The van der Waals surface area contributed by atoms with E-state index in [2.05, 4.69) is 24.4 Å². The Balaban J connectivity index is 2.07. The molecule has 0 bridgehead atoms. The first kappa shape index (κ1) is 13.9. The largest absolute Gasteiger partial charge is 0.381 e. The molecule has 1 N–H and O–H groups in total. The summed E-state index contributed by atoms with van der Waals surface area (Å²) in [4.78, 5) is 0. The van der Waals surface area contributed by atoms with E-state index in [9.17, 15) is 0 Å². The van der Waals surface area contributed by atoms with E-state index in [-0.39, 0.29) is 0 Å². The monoisotopic (exact) mass is 267 g/mol. The van der Waals surface area contributed by atoms with Gasteiger partial charge < -0.3 is 10.1 Å². The molecule has 0 amide bonds. The van der Waals surface area contributed by atoms with Crippen LogP contribution in [0.1, 0.15) is 18.9 Å². The van der Waals surface area contributed by atoms with Crippen LogP contribution in [0.15, 0.2) is 24.3 Å². The van der Waals surface area contributed by atoms with E-state index in [1.807, 2.05) is 19.2 Å². The van der Waals surface area contributed by atoms with Gasteiger partial charge in [0, 0.05) is 24.3 Å². The summed E-state index contributed by atoms with van der Waals surface area (Å²) in [7, 11) is 2.05. The molecule has 1 saturated heterocycles. The minimum absolute atomic E-state index is 0.476. The molecule has 0 saturated carbocycles. The summed E-state index contributed by atoms with van der Waals surface area (Å²) in [5, 5.41) is 4.34. The molecule has 0 aromatic heterocycles. The third kappa shape index (κ3) is 3.25. The highest BCUT2D eigenvalue weighted by Crippen LogP contribution is 2.28. The third-order valence-corrected chi connectivity index (χ3v) is 4.36. The number of hydrogen-bond acceptors (Lipinski definition) is 2. The van der Waals surface area contributed by atoms with Crippen molar-refractivity contribution in [3.8, 4) is 0 Å². The fraction of sp³-hybridized carbons (Fsp3) is 0.600. The molecule has 1 aromatic rings. The molecule has 3 heteroatoms. The summed E-state index contributed by atoms with van der Waals surface area (Å²) in [5.41, 5.74) is 1.23. The SMILES string of the molecule is CNC(Cc1ccccc1Cl)C1CCOCC1C. The molecule has 1 aliphatic rings. The zero-order valence-electron chi connectivity index (χ0n) is 11.2. The summed E-state index contributed by atoms with van der Waals surface area (Å²) < 4.78 is 5.53. The van der Waals surface area contributed by atoms with Crippen LogP contribution in [0.25, 0.3) is 0 Å². The average Bonchev–Trinajstić information content (AvgIpc) is 2.39. The van der Waals surface area contributed by atoms with E-state index in [1.54, 1.807) is 0 Å². The van der Waals surface area contributed by atoms with Crippen LogP contribution in [0, 0.1) is 11.8 Å².